The molecule has 2 rings (SSSR count). The van der Waals surface area contributed by atoms with Gasteiger partial charge >= 0.3 is 11.9 Å². The van der Waals surface area contributed by atoms with Crippen LogP contribution in [0.3, 0.4) is 0 Å². The number of nitrogens with two attached hydrogens (primary N) is 2. The van der Waals surface area contributed by atoms with Gasteiger partial charge < -0.3 is 20.9 Å². The van der Waals surface area contributed by atoms with Crippen molar-refractivity contribution in [3.05, 3.63) is 32.5 Å². The largest absolute Gasteiger partial charge is 0.464 e. The van der Waals surface area contributed by atoms with Crippen molar-refractivity contribution in [3.63, 3.8) is 0 Å². The first-order chi connectivity index (χ1) is 12.1. The van der Waals surface area contributed by atoms with Crippen LogP contribution in [0.25, 0.3) is 0 Å². The number of hydrogen-bond acceptors (Lipinski definition) is 10. The van der Waals surface area contributed by atoms with Crippen molar-refractivity contribution in [2.24, 2.45) is 0 Å². The summed E-state index contributed by atoms with van der Waals surface area (Å²) in [5, 5.41) is -0.184. The lowest BCUT2D eigenvalue weighted by Gasteiger charge is -2.03. The minimum absolute atomic E-state index is 0.00540. The molecule has 0 aliphatic carbocycles. The first kappa shape index (κ1) is 21.6. The summed E-state index contributed by atoms with van der Waals surface area (Å²) in [5.74, 6) is -0.929. The lowest BCUT2D eigenvalue weighted by molar-refractivity contribution is 0.0585. The van der Waals surface area contributed by atoms with Crippen molar-refractivity contribution < 1.29 is 19.1 Å². The van der Waals surface area contributed by atoms with E-state index in [0.29, 0.717) is 5.82 Å². The molecule has 0 spiro atoms. The summed E-state index contributed by atoms with van der Waals surface area (Å²) in [5.41, 5.74) is 10.6. The third-order valence-electron chi connectivity index (χ3n) is 2.60. The Labute approximate surface area is 162 Å². The number of methoxy groups -OCH3 is 2. The van der Waals surface area contributed by atoms with Gasteiger partial charge in [-0.2, -0.15) is 4.98 Å². The molecule has 10 nitrogen and oxygen atoms in total. The summed E-state index contributed by atoms with van der Waals surface area (Å²) in [6, 6.07) is 0. The van der Waals surface area contributed by atoms with Gasteiger partial charge in [-0.15, -0.1) is 0 Å². The van der Waals surface area contributed by atoms with Crippen molar-refractivity contribution in [3.8, 4) is 0 Å². The highest BCUT2D eigenvalue weighted by atomic mass is 35.5. The molecule has 0 amide bonds. The fourth-order valence-electron chi connectivity index (χ4n) is 1.48. The van der Waals surface area contributed by atoms with Crippen LogP contribution < -0.4 is 11.5 Å². The van der Waals surface area contributed by atoms with Crippen LogP contribution in [0.1, 0.15) is 26.8 Å². The lowest BCUT2D eigenvalue weighted by Crippen LogP contribution is -2.09. The van der Waals surface area contributed by atoms with Crippen molar-refractivity contribution in [2.75, 3.05) is 25.7 Å². The van der Waals surface area contributed by atoms with E-state index in [2.05, 4.69) is 29.4 Å². The van der Waals surface area contributed by atoms with Crippen LogP contribution in [-0.4, -0.2) is 46.1 Å². The van der Waals surface area contributed by atoms with E-state index in [1.54, 1.807) is 6.92 Å². The Morgan fingerprint density at radius 1 is 0.808 bits per heavy atom. The minimum Gasteiger partial charge on any atom is -0.464 e. The van der Waals surface area contributed by atoms with Gasteiger partial charge in [-0.05, 0) is 18.5 Å². The van der Waals surface area contributed by atoms with Crippen molar-refractivity contribution in [1.82, 2.24) is 19.9 Å². The highest BCUT2D eigenvalue weighted by Gasteiger charge is 2.17. The molecule has 0 aliphatic rings. The Bertz CT molecular complexity index is 780. The maximum Gasteiger partial charge on any atom is 0.358 e. The quantitative estimate of drug-likeness (QED) is 0.540. The average Bonchev–Trinajstić information content (AvgIpc) is 2.60. The molecule has 140 valence electrons. The molecular weight excluding hydrogens is 411 g/mol. The second-order valence-corrected chi connectivity index (χ2v) is 5.44. The fraction of sp³-hybridized carbons (Fsp3) is 0.231. The van der Waals surface area contributed by atoms with Gasteiger partial charge in [0, 0.05) is 0 Å². The molecule has 0 unspecified atom stereocenters. The molecule has 4 N–H and O–H groups in total. The Balaban J connectivity index is 0.000000260. The average molecular weight is 424 g/mol. The Kier molecular flexibility index (Phi) is 7.75. The SMILES string of the molecule is COC(=O)c1nc(C)nc(N)c1Cl.COC(=O)c1nc(Cl)nc(N)c1Cl. The second-order valence-electron chi connectivity index (χ2n) is 4.34. The topological polar surface area (TPSA) is 156 Å². The summed E-state index contributed by atoms with van der Waals surface area (Å²) in [7, 11) is 2.44. The number of anilines is 2. The van der Waals surface area contributed by atoms with Crippen molar-refractivity contribution in [1.29, 1.82) is 0 Å². The number of carbonyl (C=O) groups excluding carboxylic acids is 2. The van der Waals surface area contributed by atoms with Gasteiger partial charge in [0.1, 0.15) is 27.5 Å². The molecule has 0 aliphatic heterocycles. The van der Waals surface area contributed by atoms with Crippen LogP contribution in [-0.2, 0) is 9.47 Å². The third kappa shape index (κ3) is 5.28. The first-order valence-corrected chi connectivity index (χ1v) is 7.70. The maximum atomic E-state index is 11.1. The predicted octanol–water partition coefficient (Wildman–Crippen LogP) is 1.96. The fourth-order valence-corrected chi connectivity index (χ4v) is 1.98. The molecule has 0 radical (unpaired) electrons. The molecular formula is C13H13Cl3N6O4. The molecule has 0 atom stereocenters. The van der Waals surface area contributed by atoms with E-state index in [1.807, 2.05) is 0 Å². The summed E-state index contributed by atoms with van der Waals surface area (Å²) in [4.78, 5) is 36.8. The number of aromatic nitrogens is 4. The van der Waals surface area contributed by atoms with Gasteiger partial charge in [0.25, 0.3) is 0 Å². The number of halogens is 3. The van der Waals surface area contributed by atoms with Crippen molar-refractivity contribution >= 4 is 58.4 Å². The number of nitrogen functional groups attached to an aromatic ring is 2. The van der Waals surface area contributed by atoms with Gasteiger partial charge in [-0.3, -0.25) is 0 Å². The Hall–Kier alpha value is -2.43. The zero-order valence-electron chi connectivity index (χ0n) is 13.7. The number of hydrogen-bond donors (Lipinski definition) is 2. The monoisotopic (exact) mass is 422 g/mol. The van der Waals surface area contributed by atoms with Gasteiger partial charge in [0.05, 0.1) is 14.2 Å². The number of aryl methyl sites for hydroxylation is 1. The van der Waals surface area contributed by atoms with Gasteiger partial charge in [0.15, 0.2) is 11.4 Å². The van der Waals surface area contributed by atoms with E-state index in [1.165, 1.54) is 14.2 Å². The smallest absolute Gasteiger partial charge is 0.358 e. The van der Waals surface area contributed by atoms with Crippen LogP contribution >= 0.6 is 34.8 Å². The zero-order chi connectivity index (χ0) is 20.0. The molecule has 0 saturated heterocycles. The zero-order valence-corrected chi connectivity index (χ0v) is 16.0. The van der Waals surface area contributed by atoms with Crippen molar-refractivity contribution in [2.45, 2.75) is 6.92 Å². The molecule has 0 fully saturated rings. The lowest BCUT2D eigenvalue weighted by atomic mass is 10.4. The molecule has 0 saturated carbocycles. The molecule has 2 aromatic heterocycles. The third-order valence-corrected chi connectivity index (χ3v) is 3.51. The van der Waals surface area contributed by atoms with Crippen LogP contribution in [0.4, 0.5) is 11.6 Å². The molecule has 0 aromatic carbocycles. The molecule has 2 aromatic rings. The number of rotatable bonds is 2. The van der Waals surface area contributed by atoms with Crippen LogP contribution in [0, 0.1) is 6.92 Å². The summed E-state index contributed by atoms with van der Waals surface area (Å²) >= 11 is 16.8. The van der Waals surface area contributed by atoms with E-state index in [-0.39, 0.29) is 38.4 Å². The highest BCUT2D eigenvalue weighted by Crippen LogP contribution is 2.22. The van der Waals surface area contributed by atoms with Gasteiger partial charge in [-0.1, -0.05) is 23.2 Å². The number of nitrogens with zero attached hydrogens (tertiary/aromatic N) is 4. The van der Waals surface area contributed by atoms with Crippen LogP contribution in [0.15, 0.2) is 0 Å². The van der Waals surface area contributed by atoms with E-state index in [4.69, 9.17) is 46.3 Å². The normalized spacial score (nSPS) is 9.77. The number of esters is 2. The highest BCUT2D eigenvalue weighted by molar-refractivity contribution is 6.36. The van der Waals surface area contributed by atoms with Crippen LogP contribution in [0.2, 0.25) is 15.3 Å². The molecule has 0 bridgehead atoms. The van der Waals surface area contributed by atoms with E-state index in [0.717, 1.165) is 0 Å². The Morgan fingerprint density at radius 3 is 1.69 bits per heavy atom. The predicted molar refractivity (Wildman–Crippen MR) is 95.3 cm³/mol. The van der Waals surface area contributed by atoms with E-state index in [9.17, 15) is 9.59 Å². The maximum absolute atomic E-state index is 11.1. The molecule has 2 heterocycles. The van der Waals surface area contributed by atoms with Crippen LogP contribution in [0.5, 0.6) is 0 Å². The first-order valence-electron chi connectivity index (χ1n) is 6.57. The molecule has 13 heteroatoms. The minimum atomic E-state index is -0.707. The van der Waals surface area contributed by atoms with Gasteiger partial charge in [-0.25, -0.2) is 24.5 Å². The van der Waals surface area contributed by atoms with E-state index < -0.39 is 11.9 Å². The van der Waals surface area contributed by atoms with Gasteiger partial charge in [0.2, 0.25) is 5.28 Å². The standard InChI is InChI=1S/C7H8ClN3O2.C6H5Cl2N3O2/c1-3-10-5(7(12)13-2)4(8)6(9)11-3;1-13-5(12)3-2(7)4(9)11-6(8)10-3/h1-2H3,(H2,9,10,11);1H3,(H2,9,10,11). The summed E-state index contributed by atoms with van der Waals surface area (Å²) < 4.78 is 8.86. The number of ether oxygens (including phenoxy) is 2. The summed E-state index contributed by atoms with van der Waals surface area (Å²) in [6.07, 6.45) is 0. The Morgan fingerprint density at radius 2 is 1.23 bits per heavy atom. The second kappa shape index (κ2) is 9.32. The number of carbonyl (C=O) groups is 2. The molecule has 26 heavy (non-hydrogen) atoms. The summed E-state index contributed by atoms with van der Waals surface area (Å²) in [6.45, 7) is 1.61. The van der Waals surface area contributed by atoms with E-state index >= 15 is 0 Å².